The number of halogens is 3. The van der Waals surface area contributed by atoms with Crippen molar-refractivity contribution in [3.05, 3.63) is 59.8 Å². The van der Waals surface area contributed by atoms with Gasteiger partial charge in [0.15, 0.2) is 5.82 Å². The molecule has 0 N–H and O–H groups in total. The van der Waals surface area contributed by atoms with Gasteiger partial charge in [0.1, 0.15) is 11.5 Å². The van der Waals surface area contributed by atoms with E-state index in [1.165, 1.54) is 29.2 Å². The van der Waals surface area contributed by atoms with E-state index in [4.69, 9.17) is 4.84 Å². The zero-order chi connectivity index (χ0) is 22.0. The monoisotopic (exact) mass is 433 g/mol. The number of carbonyl (C=O) groups is 1. The van der Waals surface area contributed by atoms with E-state index in [1.54, 1.807) is 29.2 Å². The number of para-hydroxylation sites is 1. The minimum Gasteiger partial charge on any atom is -0.334 e. The average molecular weight is 433 g/mol. The Bertz CT molecular complexity index is 1070. The van der Waals surface area contributed by atoms with Gasteiger partial charge in [0.2, 0.25) is 0 Å². The fraction of sp³-hybridized carbons (Fsp3) is 0.316. The summed E-state index contributed by atoms with van der Waals surface area (Å²) in [7, 11) is 0. The van der Waals surface area contributed by atoms with Crippen molar-refractivity contribution >= 4 is 11.7 Å². The van der Waals surface area contributed by atoms with Crippen molar-refractivity contribution in [1.82, 2.24) is 29.9 Å². The number of nitrogens with zero attached hydrogens (tertiary/aromatic N) is 7. The van der Waals surface area contributed by atoms with Crippen molar-refractivity contribution < 1.29 is 22.8 Å². The fourth-order valence-corrected chi connectivity index (χ4v) is 3.20. The first kappa shape index (κ1) is 20.7. The molecule has 3 heterocycles. The molecule has 3 aromatic rings. The second-order valence-electron chi connectivity index (χ2n) is 6.72. The highest BCUT2D eigenvalue weighted by atomic mass is 19.4. The number of aryl methyl sites for hydroxylation is 1. The molecule has 0 unspecified atom stereocenters. The third-order valence-corrected chi connectivity index (χ3v) is 4.61. The number of carbonyl (C=O) groups excluding carboxylic acids is 1. The van der Waals surface area contributed by atoms with Crippen LogP contribution in [0.15, 0.2) is 42.7 Å². The Kier molecular flexibility index (Phi) is 5.55. The van der Waals surface area contributed by atoms with Crippen LogP contribution in [0.5, 0.6) is 0 Å². The molecule has 0 atom stereocenters. The lowest BCUT2D eigenvalue weighted by Gasteiger charge is -2.22. The van der Waals surface area contributed by atoms with Crippen LogP contribution in [-0.4, -0.2) is 62.0 Å². The molecule has 31 heavy (non-hydrogen) atoms. The molecule has 1 aliphatic rings. The van der Waals surface area contributed by atoms with E-state index in [0.29, 0.717) is 11.3 Å². The van der Waals surface area contributed by atoms with Crippen LogP contribution in [0.2, 0.25) is 0 Å². The van der Waals surface area contributed by atoms with Crippen LogP contribution in [-0.2, 0) is 11.0 Å². The van der Waals surface area contributed by atoms with Crippen molar-refractivity contribution in [3.8, 4) is 5.69 Å². The summed E-state index contributed by atoms with van der Waals surface area (Å²) in [5.74, 6) is -0.283. The van der Waals surface area contributed by atoms with Crippen LogP contribution in [0.3, 0.4) is 0 Å². The van der Waals surface area contributed by atoms with E-state index >= 15 is 0 Å². The average Bonchev–Trinajstić information content (AvgIpc) is 3.16. The first-order valence-corrected chi connectivity index (χ1v) is 9.41. The Hall–Kier alpha value is -3.54. The second kappa shape index (κ2) is 8.30. The summed E-state index contributed by atoms with van der Waals surface area (Å²) in [5, 5.41) is 9.42. The van der Waals surface area contributed by atoms with E-state index in [9.17, 15) is 18.0 Å². The number of hydrogen-bond donors (Lipinski definition) is 0. The van der Waals surface area contributed by atoms with Crippen molar-refractivity contribution in [2.45, 2.75) is 13.1 Å². The molecule has 1 aliphatic heterocycles. The van der Waals surface area contributed by atoms with Gasteiger partial charge in [0, 0.05) is 19.2 Å². The normalized spacial score (nSPS) is 15.1. The minimum atomic E-state index is -4.60. The SMILES string of the molecule is Cc1nc(N2CCN(C(=O)c3ccccc3-n3nccn3)CCO2)cc(C(F)(F)F)n1. The smallest absolute Gasteiger partial charge is 0.334 e. The van der Waals surface area contributed by atoms with Gasteiger partial charge < -0.3 is 4.90 Å². The maximum atomic E-state index is 13.2. The molecule has 12 heteroatoms. The zero-order valence-electron chi connectivity index (χ0n) is 16.5. The molecular formula is C19H18F3N7O2. The molecule has 162 valence electrons. The number of aromatic nitrogens is 5. The van der Waals surface area contributed by atoms with E-state index in [-0.39, 0.29) is 43.8 Å². The summed E-state index contributed by atoms with van der Waals surface area (Å²) in [6, 6.07) is 7.76. The molecule has 1 aromatic carbocycles. The Morgan fingerprint density at radius 1 is 1.06 bits per heavy atom. The summed E-state index contributed by atoms with van der Waals surface area (Å²) in [4.78, 5) is 29.2. The number of alkyl halides is 3. The number of anilines is 1. The number of benzene rings is 1. The maximum absolute atomic E-state index is 13.2. The highest BCUT2D eigenvalue weighted by Crippen LogP contribution is 2.30. The van der Waals surface area contributed by atoms with Crippen LogP contribution < -0.4 is 5.06 Å². The lowest BCUT2D eigenvalue weighted by atomic mass is 10.1. The van der Waals surface area contributed by atoms with Gasteiger partial charge in [-0.2, -0.15) is 28.2 Å². The quantitative estimate of drug-likeness (QED) is 0.626. The van der Waals surface area contributed by atoms with Crippen LogP contribution in [0.1, 0.15) is 21.9 Å². The number of amides is 1. The van der Waals surface area contributed by atoms with Gasteiger partial charge in [0.05, 0.1) is 36.8 Å². The molecule has 0 spiro atoms. The van der Waals surface area contributed by atoms with E-state index in [1.807, 2.05) is 0 Å². The Morgan fingerprint density at radius 2 is 1.81 bits per heavy atom. The van der Waals surface area contributed by atoms with Gasteiger partial charge in [-0.3, -0.25) is 9.63 Å². The van der Waals surface area contributed by atoms with E-state index in [2.05, 4.69) is 20.2 Å². The summed E-state index contributed by atoms with van der Waals surface area (Å²) in [5.41, 5.74) is -0.110. The molecule has 1 saturated heterocycles. The minimum absolute atomic E-state index is 0.00438. The fourth-order valence-electron chi connectivity index (χ4n) is 3.20. The topological polar surface area (TPSA) is 89.3 Å². The first-order valence-electron chi connectivity index (χ1n) is 9.41. The molecule has 4 rings (SSSR count). The number of hydrogen-bond acceptors (Lipinski definition) is 7. The van der Waals surface area contributed by atoms with Crippen LogP contribution in [0, 0.1) is 6.92 Å². The second-order valence-corrected chi connectivity index (χ2v) is 6.72. The van der Waals surface area contributed by atoms with Crippen molar-refractivity contribution in [2.24, 2.45) is 0 Å². The predicted octanol–water partition coefficient (Wildman–Crippen LogP) is 2.28. The zero-order valence-corrected chi connectivity index (χ0v) is 16.5. The highest BCUT2D eigenvalue weighted by Gasteiger charge is 2.34. The van der Waals surface area contributed by atoms with E-state index < -0.39 is 11.9 Å². The van der Waals surface area contributed by atoms with Gasteiger partial charge in [0.25, 0.3) is 5.91 Å². The van der Waals surface area contributed by atoms with Crippen LogP contribution >= 0.6 is 0 Å². The van der Waals surface area contributed by atoms with Crippen molar-refractivity contribution in [1.29, 1.82) is 0 Å². The molecule has 0 bridgehead atoms. The predicted molar refractivity (Wildman–Crippen MR) is 102 cm³/mol. The van der Waals surface area contributed by atoms with Gasteiger partial charge in [-0.15, -0.1) is 0 Å². The van der Waals surface area contributed by atoms with Crippen LogP contribution in [0.25, 0.3) is 5.69 Å². The number of rotatable bonds is 3. The third kappa shape index (κ3) is 4.48. The summed E-state index contributed by atoms with van der Waals surface area (Å²) in [6.07, 6.45) is -1.57. The standard InChI is InChI=1S/C19H18F3N7O2/c1-13-25-16(19(20,21)22)12-17(26-13)28-9-8-27(10-11-31-28)18(30)14-4-2-3-5-15(14)29-23-6-7-24-29/h2-7,12H,8-11H2,1H3. The molecule has 9 nitrogen and oxygen atoms in total. The van der Waals surface area contributed by atoms with Crippen LogP contribution in [0.4, 0.5) is 19.0 Å². The molecule has 2 aromatic heterocycles. The van der Waals surface area contributed by atoms with Crippen molar-refractivity contribution in [3.63, 3.8) is 0 Å². The molecule has 1 amide bonds. The molecular weight excluding hydrogens is 415 g/mol. The Balaban J connectivity index is 1.53. The summed E-state index contributed by atoms with van der Waals surface area (Å²) in [6.45, 7) is 2.10. The largest absolute Gasteiger partial charge is 0.433 e. The van der Waals surface area contributed by atoms with Gasteiger partial charge >= 0.3 is 6.18 Å². The molecule has 0 radical (unpaired) electrons. The summed E-state index contributed by atoms with van der Waals surface area (Å²) < 4.78 is 39.3. The third-order valence-electron chi connectivity index (χ3n) is 4.61. The summed E-state index contributed by atoms with van der Waals surface area (Å²) >= 11 is 0. The van der Waals surface area contributed by atoms with Gasteiger partial charge in [-0.25, -0.2) is 15.0 Å². The van der Waals surface area contributed by atoms with E-state index in [0.717, 1.165) is 6.07 Å². The number of hydroxylamine groups is 1. The molecule has 0 aliphatic carbocycles. The first-order chi connectivity index (χ1) is 14.8. The maximum Gasteiger partial charge on any atom is 0.433 e. The molecule has 0 saturated carbocycles. The van der Waals surface area contributed by atoms with Crippen molar-refractivity contribution in [2.75, 3.05) is 31.3 Å². The Morgan fingerprint density at radius 3 is 2.55 bits per heavy atom. The lowest BCUT2D eigenvalue weighted by Crippen LogP contribution is -2.36. The highest BCUT2D eigenvalue weighted by molar-refractivity contribution is 5.97. The Labute approximate surface area is 175 Å². The van der Waals surface area contributed by atoms with Gasteiger partial charge in [-0.05, 0) is 19.1 Å². The van der Waals surface area contributed by atoms with Gasteiger partial charge in [-0.1, -0.05) is 12.1 Å². The lowest BCUT2D eigenvalue weighted by molar-refractivity contribution is -0.141. The molecule has 1 fully saturated rings.